The van der Waals surface area contributed by atoms with Crippen molar-refractivity contribution in [3.63, 3.8) is 0 Å². The smallest absolute Gasteiger partial charge is 0.298 e. The number of benzene rings is 1. The summed E-state index contributed by atoms with van der Waals surface area (Å²) in [5.41, 5.74) is 0.484. The van der Waals surface area contributed by atoms with Gasteiger partial charge in [-0.3, -0.25) is 4.55 Å². The van der Waals surface area contributed by atoms with Crippen LogP contribution >= 0.6 is 0 Å². The number of phenolic OH excluding ortho intramolecular Hbond substituents is 1. The van der Waals surface area contributed by atoms with Gasteiger partial charge in [0.25, 0.3) is 10.1 Å². The normalized spacial score (nSPS) is 14.5. The Hall–Kier alpha value is -1.47. The summed E-state index contributed by atoms with van der Waals surface area (Å²) < 4.78 is 46.3. The first-order valence-electron chi connectivity index (χ1n) is 11.7. The molecule has 0 saturated heterocycles. The van der Waals surface area contributed by atoms with Gasteiger partial charge in [0.15, 0.2) is 11.5 Å². The van der Waals surface area contributed by atoms with Gasteiger partial charge in [-0.1, -0.05) is 69.2 Å². The molecule has 0 aliphatic heterocycles. The number of hydrogen-bond acceptors (Lipinski definition) is 5. The van der Waals surface area contributed by atoms with Crippen molar-refractivity contribution < 1.29 is 27.6 Å². The Balaban J connectivity index is 4.31. The van der Waals surface area contributed by atoms with Crippen LogP contribution in [0.5, 0.6) is 17.2 Å². The Bertz CT molecular complexity index is 937. The van der Waals surface area contributed by atoms with Crippen molar-refractivity contribution in [2.75, 3.05) is 14.2 Å². The van der Waals surface area contributed by atoms with Crippen molar-refractivity contribution in [2.45, 2.75) is 99.3 Å². The molecule has 1 aromatic rings. The lowest BCUT2D eigenvalue weighted by Crippen LogP contribution is -2.38. The Morgan fingerprint density at radius 1 is 0.909 bits per heavy atom. The predicted molar refractivity (Wildman–Crippen MR) is 134 cm³/mol. The molecule has 1 rings (SSSR count). The highest BCUT2D eigenvalue weighted by Gasteiger charge is 2.47. The van der Waals surface area contributed by atoms with Crippen LogP contribution in [0.3, 0.4) is 0 Å². The van der Waals surface area contributed by atoms with E-state index in [0.717, 1.165) is 12.8 Å². The number of ether oxygens (including phenoxy) is 2. The summed E-state index contributed by atoms with van der Waals surface area (Å²) in [5, 5.41) is 11.1. The van der Waals surface area contributed by atoms with E-state index >= 15 is 0 Å². The molecule has 1 unspecified atom stereocenters. The minimum atomic E-state index is -4.68. The molecule has 192 valence electrons. The highest BCUT2D eigenvalue weighted by Crippen LogP contribution is 2.60. The monoisotopic (exact) mass is 486 g/mol. The van der Waals surface area contributed by atoms with Gasteiger partial charge in [0.05, 0.1) is 14.2 Å². The molecule has 0 aliphatic rings. The fourth-order valence-electron chi connectivity index (χ4n) is 6.54. The lowest BCUT2D eigenvalue weighted by atomic mass is 9.55. The van der Waals surface area contributed by atoms with Crippen LogP contribution < -0.4 is 9.47 Å². The minimum absolute atomic E-state index is 0.00960. The maximum Gasteiger partial charge on any atom is 0.298 e. The highest BCUT2D eigenvalue weighted by atomic mass is 32.2. The van der Waals surface area contributed by atoms with Crippen LogP contribution in [0.4, 0.5) is 0 Å². The van der Waals surface area contributed by atoms with Crippen molar-refractivity contribution in [3.05, 3.63) is 11.1 Å². The van der Waals surface area contributed by atoms with Crippen molar-refractivity contribution in [1.29, 1.82) is 0 Å². The first kappa shape index (κ1) is 29.6. The molecule has 1 atom stereocenters. The molecule has 7 heteroatoms. The second kappa shape index (κ2) is 10.0. The van der Waals surface area contributed by atoms with Gasteiger partial charge in [-0.25, -0.2) is 0 Å². The van der Waals surface area contributed by atoms with E-state index in [1.54, 1.807) is 0 Å². The van der Waals surface area contributed by atoms with Gasteiger partial charge in [-0.2, -0.15) is 8.42 Å². The van der Waals surface area contributed by atoms with E-state index in [4.69, 9.17) is 9.47 Å². The van der Waals surface area contributed by atoms with Gasteiger partial charge in [0.2, 0.25) is 5.75 Å². The third kappa shape index (κ3) is 6.56. The van der Waals surface area contributed by atoms with Gasteiger partial charge in [0.1, 0.15) is 4.90 Å². The van der Waals surface area contributed by atoms with Gasteiger partial charge in [-0.15, -0.1) is 0 Å². The van der Waals surface area contributed by atoms with E-state index in [1.165, 1.54) is 14.2 Å². The third-order valence-corrected chi connectivity index (χ3v) is 7.22. The number of hydrogen-bond donors (Lipinski definition) is 2. The van der Waals surface area contributed by atoms with Crippen molar-refractivity contribution in [1.82, 2.24) is 0 Å². The standard InChI is InChI=1S/C26H46O6S/c1-13-17-18(20(31-11)19(27)21(32-12)22(17)33(28,29)30)23(25(7,8)14-16(2)3)26(9,10)15-24(4,5)6/h16,23,27H,13-15H2,1-12H3,(H,28,29,30). The molecule has 0 bridgehead atoms. The van der Waals surface area contributed by atoms with Crippen LogP contribution in [0.25, 0.3) is 0 Å². The van der Waals surface area contributed by atoms with E-state index in [-0.39, 0.29) is 38.6 Å². The number of methoxy groups -OCH3 is 2. The Labute approximate surface area is 201 Å². The summed E-state index contributed by atoms with van der Waals surface area (Å²) in [4.78, 5) is -0.377. The number of phenols is 1. The van der Waals surface area contributed by atoms with Gasteiger partial charge >= 0.3 is 0 Å². The van der Waals surface area contributed by atoms with Gasteiger partial charge in [0, 0.05) is 5.56 Å². The van der Waals surface area contributed by atoms with Gasteiger partial charge in [-0.05, 0) is 52.9 Å². The molecule has 2 N–H and O–H groups in total. The Kier molecular flexibility index (Phi) is 8.98. The van der Waals surface area contributed by atoms with Crippen LogP contribution in [0, 0.1) is 22.2 Å². The largest absolute Gasteiger partial charge is 0.502 e. The average molecular weight is 487 g/mol. The lowest BCUT2D eigenvalue weighted by molar-refractivity contribution is 0.0761. The van der Waals surface area contributed by atoms with Gasteiger partial charge < -0.3 is 14.6 Å². The fraction of sp³-hybridized carbons (Fsp3) is 0.769. The van der Waals surface area contributed by atoms with Crippen LogP contribution in [0.1, 0.15) is 99.1 Å². The summed E-state index contributed by atoms with van der Waals surface area (Å²) in [6, 6.07) is 0. The maximum absolute atomic E-state index is 12.5. The predicted octanol–water partition coefficient (Wildman–Crippen LogP) is 6.84. The van der Waals surface area contributed by atoms with E-state index in [2.05, 4.69) is 62.3 Å². The molecule has 0 heterocycles. The minimum Gasteiger partial charge on any atom is -0.502 e. The molecule has 0 fully saturated rings. The Morgan fingerprint density at radius 3 is 1.73 bits per heavy atom. The molecule has 33 heavy (non-hydrogen) atoms. The van der Waals surface area contributed by atoms with Crippen LogP contribution in [-0.2, 0) is 16.5 Å². The van der Waals surface area contributed by atoms with Crippen LogP contribution in [0.2, 0.25) is 0 Å². The summed E-state index contributed by atoms with van der Waals surface area (Å²) in [6.07, 6.45) is 2.05. The van der Waals surface area contributed by atoms with E-state index < -0.39 is 15.9 Å². The topological polar surface area (TPSA) is 93.1 Å². The quantitative estimate of drug-likeness (QED) is 0.352. The van der Waals surface area contributed by atoms with Crippen molar-refractivity contribution >= 4 is 10.1 Å². The highest BCUT2D eigenvalue weighted by molar-refractivity contribution is 7.86. The zero-order valence-corrected chi connectivity index (χ0v) is 23.5. The third-order valence-electron chi connectivity index (χ3n) is 6.27. The first-order chi connectivity index (χ1) is 14.7. The van der Waals surface area contributed by atoms with E-state index in [0.29, 0.717) is 23.5 Å². The van der Waals surface area contributed by atoms with E-state index in [9.17, 15) is 18.1 Å². The number of rotatable bonds is 10. The molecular formula is C26H46O6S. The molecule has 0 saturated carbocycles. The van der Waals surface area contributed by atoms with Crippen molar-refractivity contribution in [3.8, 4) is 17.2 Å². The molecule has 0 radical (unpaired) electrons. The zero-order chi connectivity index (χ0) is 26.2. The fourth-order valence-corrected chi connectivity index (χ4v) is 7.52. The first-order valence-corrected chi connectivity index (χ1v) is 13.2. The zero-order valence-electron chi connectivity index (χ0n) is 22.7. The maximum atomic E-state index is 12.5. The molecule has 0 aromatic heterocycles. The SMILES string of the molecule is CCc1c(C(C(C)(C)CC(C)C)C(C)(C)CC(C)(C)C)c(OC)c(O)c(OC)c1S(=O)(=O)O. The van der Waals surface area contributed by atoms with E-state index in [1.807, 2.05) is 6.92 Å². The molecule has 0 aliphatic carbocycles. The Morgan fingerprint density at radius 2 is 1.39 bits per heavy atom. The summed E-state index contributed by atoms with van der Waals surface area (Å²) >= 11 is 0. The second-order valence-electron chi connectivity index (χ2n) is 12.2. The molecule has 0 spiro atoms. The second-order valence-corrected chi connectivity index (χ2v) is 13.6. The summed E-state index contributed by atoms with van der Waals surface area (Å²) in [5.74, 6) is -0.272. The van der Waals surface area contributed by atoms with Crippen molar-refractivity contribution in [2.24, 2.45) is 22.2 Å². The van der Waals surface area contributed by atoms with Crippen LogP contribution in [-0.4, -0.2) is 32.3 Å². The summed E-state index contributed by atoms with van der Waals surface area (Å²) in [6.45, 7) is 21.5. The number of aromatic hydroxyl groups is 1. The molecule has 6 nitrogen and oxygen atoms in total. The molecule has 0 amide bonds. The average Bonchev–Trinajstić information content (AvgIpc) is 2.56. The lowest BCUT2D eigenvalue weighted by Gasteiger charge is -2.49. The summed E-state index contributed by atoms with van der Waals surface area (Å²) in [7, 11) is -1.95. The van der Waals surface area contributed by atoms with Crippen LogP contribution in [0.15, 0.2) is 4.90 Å². The molecule has 1 aromatic carbocycles. The molecular weight excluding hydrogens is 440 g/mol.